The Morgan fingerprint density at radius 3 is 2.83 bits per heavy atom. The lowest BCUT2D eigenvalue weighted by molar-refractivity contribution is -0.843. The van der Waals surface area contributed by atoms with Crippen molar-refractivity contribution in [1.29, 1.82) is 0 Å². The van der Waals surface area contributed by atoms with E-state index in [4.69, 9.17) is 5.10 Å². The number of fused-ring (bicyclic) bond motifs is 2. The van der Waals surface area contributed by atoms with Crippen LogP contribution in [0.15, 0.2) is 45.7 Å². The van der Waals surface area contributed by atoms with Gasteiger partial charge in [-0.1, -0.05) is 6.07 Å². The number of anilines is 2. The third kappa shape index (κ3) is 3.15. The van der Waals surface area contributed by atoms with Crippen LogP contribution in [0.4, 0.5) is 11.4 Å². The highest BCUT2D eigenvalue weighted by atomic mass is 16.3. The van der Waals surface area contributed by atoms with Crippen LogP contribution in [0.5, 0.6) is 0 Å². The van der Waals surface area contributed by atoms with E-state index in [1.807, 2.05) is 38.2 Å². The number of aliphatic hydroxyl groups excluding tert-OH is 1. The first-order valence-electron chi connectivity index (χ1n) is 10.3. The van der Waals surface area contributed by atoms with E-state index in [1.54, 1.807) is 12.4 Å². The number of aliphatic hydroxyl groups is 1. The lowest BCUT2D eigenvalue weighted by atomic mass is 9.86. The van der Waals surface area contributed by atoms with Crippen molar-refractivity contribution in [3.8, 4) is 0 Å². The van der Waals surface area contributed by atoms with E-state index in [2.05, 4.69) is 26.0 Å². The fraction of sp³-hybridized carbons (Fsp3) is 0.429. The Kier molecular flexibility index (Phi) is 4.35. The molecule has 1 saturated carbocycles. The van der Waals surface area contributed by atoms with E-state index in [9.17, 15) is 9.90 Å². The molecular weight excluding hydrogens is 382 g/mol. The highest BCUT2D eigenvalue weighted by molar-refractivity contribution is 6.30. The number of guanidine groups is 1. The summed E-state index contributed by atoms with van der Waals surface area (Å²) in [5.41, 5.74) is 5.62. The first kappa shape index (κ1) is 19.1. The molecule has 4 N–H and O–H groups in total. The molecule has 9 heteroatoms. The molecule has 1 amide bonds. The van der Waals surface area contributed by atoms with Crippen LogP contribution in [0, 0.1) is 0 Å². The standard InChI is InChI=1S/C21H25N7O2/c1-21(2)16-8-5-14(11-17(16)24-19(21)30)23-20-25-18-12-22-9-10-28(18,27-20)26-13-3-6-15(29)7-4-13/h5,8-13,15,26,29H,3-4,6-7H2,1-2H3,(H-,23,24,27,30)/p+1. The molecule has 0 radical (unpaired) electrons. The lowest BCUT2D eigenvalue weighted by Gasteiger charge is -2.32. The third-order valence-electron chi connectivity index (χ3n) is 6.22. The Hall–Kier alpha value is -2.88. The minimum absolute atomic E-state index is 0.00196. The molecule has 30 heavy (non-hydrogen) atoms. The van der Waals surface area contributed by atoms with Gasteiger partial charge in [-0.3, -0.25) is 9.79 Å². The number of amidine groups is 1. The van der Waals surface area contributed by atoms with Crippen molar-refractivity contribution >= 4 is 35.3 Å². The summed E-state index contributed by atoms with van der Waals surface area (Å²) in [5, 5.41) is 20.8. The topological polar surface area (TPSA) is 110 Å². The van der Waals surface area contributed by atoms with Gasteiger partial charge in [-0.25, -0.2) is 0 Å². The first-order chi connectivity index (χ1) is 14.4. The molecule has 1 unspecified atom stereocenters. The predicted molar refractivity (Wildman–Crippen MR) is 116 cm³/mol. The number of rotatable bonds is 3. The Balaban J connectivity index is 1.38. The van der Waals surface area contributed by atoms with Gasteiger partial charge in [-0.2, -0.15) is 0 Å². The Bertz CT molecular complexity index is 1020. The van der Waals surface area contributed by atoms with Gasteiger partial charge in [-0.05, 0) is 67.0 Å². The molecule has 1 aromatic carbocycles. The van der Waals surface area contributed by atoms with Crippen LogP contribution in [0.2, 0.25) is 0 Å². The summed E-state index contributed by atoms with van der Waals surface area (Å²) >= 11 is 0. The molecule has 4 aliphatic rings. The largest absolute Gasteiger partial charge is 0.393 e. The van der Waals surface area contributed by atoms with E-state index in [0.717, 1.165) is 42.6 Å². The summed E-state index contributed by atoms with van der Waals surface area (Å²) in [6, 6.07) is 6.04. The van der Waals surface area contributed by atoms with Gasteiger partial charge in [0.15, 0.2) is 6.20 Å². The van der Waals surface area contributed by atoms with Crippen LogP contribution in [0.3, 0.4) is 0 Å². The minimum Gasteiger partial charge on any atom is -0.393 e. The molecule has 0 saturated heterocycles. The second-order valence-electron chi connectivity index (χ2n) is 8.75. The summed E-state index contributed by atoms with van der Waals surface area (Å²) < 4.78 is 0.0568. The van der Waals surface area contributed by atoms with Crippen molar-refractivity contribution in [3.05, 3.63) is 36.2 Å². The van der Waals surface area contributed by atoms with Crippen LogP contribution in [-0.2, 0) is 10.2 Å². The number of amides is 1. The molecule has 1 aliphatic carbocycles. The van der Waals surface area contributed by atoms with Crippen molar-refractivity contribution in [2.75, 3.05) is 10.6 Å². The average Bonchev–Trinajstić information content (AvgIpc) is 3.17. The second-order valence-corrected chi connectivity index (χ2v) is 8.75. The number of hydrogen-bond acceptors (Lipinski definition) is 7. The summed E-state index contributed by atoms with van der Waals surface area (Å²) in [6.07, 6.45) is 8.42. The predicted octanol–water partition coefficient (Wildman–Crippen LogP) is 2.19. The number of nitrogens with one attached hydrogen (secondary N) is 3. The van der Waals surface area contributed by atoms with Crippen molar-refractivity contribution in [1.82, 2.24) is 5.43 Å². The van der Waals surface area contributed by atoms with Gasteiger partial charge in [-0.15, -0.1) is 10.4 Å². The van der Waals surface area contributed by atoms with Gasteiger partial charge >= 0.3 is 5.84 Å². The summed E-state index contributed by atoms with van der Waals surface area (Å²) in [6.45, 7) is 3.84. The average molecular weight is 408 g/mol. The van der Waals surface area contributed by atoms with Crippen molar-refractivity contribution < 1.29 is 14.6 Å². The minimum atomic E-state index is -0.534. The van der Waals surface area contributed by atoms with Gasteiger partial charge in [0.1, 0.15) is 6.21 Å². The van der Waals surface area contributed by atoms with E-state index in [0.29, 0.717) is 11.8 Å². The SMILES string of the molecule is CC1(C)C(=O)Nc2cc(NC3=N[N+]4(NC5CCC(O)CC5)C=CN=CC4=N3)ccc21. The van der Waals surface area contributed by atoms with Crippen LogP contribution >= 0.6 is 0 Å². The number of carbonyl (C=O) groups is 1. The van der Waals surface area contributed by atoms with Gasteiger partial charge < -0.3 is 15.7 Å². The molecule has 3 heterocycles. The summed E-state index contributed by atoms with van der Waals surface area (Å²) in [4.78, 5) is 21.0. The maximum atomic E-state index is 12.2. The number of hydrogen-bond donors (Lipinski definition) is 4. The van der Waals surface area contributed by atoms with Crippen LogP contribution in [0.1, 0.15) is 45.1 Å². The zero-order chi connectivity index (χ0) is 20.9. The monoisotopic (exact) mass is 408 g/mol. The maximum absolute atomic E-state index is 12.2. The third-order valence-corrected chi connectivity index (χ3v) is 6.22. The van der Waals surface area contributed by atoms with E-state index >= 15 is 0 Å². The number of aliphatic imine (C=N–C) groups is 2. The van der Waals surface area contributed by atoms with Crippen molar-refractivity contribution in [3.63, 3.8) is 0 Å². The summed E-state index contributed by atoms with van der Waals surface area (Å²) in [5.74, 6) is 1.15. The lowest BCUT2D eigenvalue weighted by Crippen LogP contribution is -2.58. The molecule has 156 valence electrons. The van der Waals surface area contributed by atoms with E-state index < -0.39 is 5.41 Å². The number of nitrogens with zero attached hydrogens (tertiary/aromatic N) is 4. The molecule has 1 fully saturated rings. The van der Waals surface area contributed by atoms with Crippen LogP contribution in [-0.4, -0.2) is 45.9 Å². The highest BCUT2D eigenvalue weighted by Crippen LogP contribution is 2.38. The van der Waals surface area contributed by atoms with Gasteiger partial charge in [0.2, 0.25) is 5.91 Å². The number of carbonyl (C=O) groups excluding carboxylic acids is 1. The molecule has 1 aromatic rings. The fourth-order valence-electron chi connectivity index (χ4n) is 4.35. The smallest absolute Gasteiger partial charge is 0.301 e. The maximum Gasteiger partial charge on any atom is 0.301 e. The Morgan fingerprint density at radius 2 is 2.03 bits per heavy atom. The van der Waals surface area contributed by atoms with E-state index in [-0.39, 0.29) is 22.8 Å². The quantitative estimate of drug-likeness (QED) is 0.575. The number of quaternary nitrogens is 1. The highest BCUT2D eigenvalue weighted by Gasteiger charge is 2.43. The van der Waals surface area contributed by atoms with E-state index in [1.165, 1.54) is 0 Å². The molecular formula is C21H26N7O2+. The number of benzene rings is 1. The Morgan fingerprint density at radius 1 is 1.23 bits per heavy atom. The second kappa shape index (κ2) is 6.83. The molecule has 0 spiro atoms. The molecule has 5 rings (SSSR count). The van der Waals surface area contributed by atoms with Gasteiger partial charge in [0.05, 0.1) is 23.8 Å². The van der Waals surface area contributed by atoms with Gasteiger partial charge in [0, 0.05) is 11.4 Å². The summed E-state index contributed by atoms with van der Waals surface area (Å²) in [7, 11) is 0. The normalized spacial score (nSPS) is 31.0. The zero-order valence-electron chi connectivity index (χ0n) is 17.1. The first-order valence-corrected chi connectivity index (χ1v) is 10.3. The molecule has 3 aliphatic heterocycles. The van der Waals surface area contributed by atoms with Crippen molar-refractivity contribution in [2.24, 2.45) is 15.1 Å². The zero-order valence-corrected chi connectivity index (χ0v) is 17.1. The van der Waals surface area contributed by atoms with Crippen LogP contribution < -0.4 is 16.1 Å². The fourth-order valence-corrected chi connectivity index (χ4v) is 4.35. The molecule has 1 atom stereocenters. The van der Waals surface area contributed by atoms with Crippen LogP contribution in [0.25, 0.3) is 0 Å². The van der Waals surface area contributed by atoms with Gasteiger partial charge in [0.25, 0.3) is 5.96 Å². The Labute approximate surface area is 174 Å². The molecule has 9 nitrogen and oxygen atoms in total. The molecule has 0 bridgehead atoms. The molecule has 0 aromatic heterocycles. The van der Waals surface area contributed by atoms with Crippen molar-refractivity contribution in [2.45, 2.75) is 57.1 Å².